The van der Waals surface area contributed by atoms with Gasteiger partial charge in [0.15, 0.2) is 0 Å². The molecule has 0 radical (unpaired) electrons. The van der Waals surface area contributed by atoms with Gasteiger partial charge in [0.25, 0.3) is 5.69 Å². The third kappa shape index (κ3) is 3.39. The molecule has 0 spiro atoms. The van der Waals surface area contributed by atoms with E-state index in [9.17, 15) is 10.1 Å². The Kier molecular flexibility index (Phi) is 4.28. The molecule has 0 aliphatic carbocycles. The molecule has 2 N–H and O–H groups in total. The number of benzene rings is 1. The van der Waals surface area contributed by atoms with Crippen LogP contribution in [0.25, 0.3) is 0 Å². The average Bonchev–Trinajstić information content (AvgIpc) is 2.89. The summed E-state index contributed by atoms with van der Waals surface area (Å²) < 4.78 is 0.820. The number of nitro groups is 1. The SMILES string of the molecule is CC(NCc1cc(Br)ccc1[N+](=O)[O-])c1ncc[nH]1. The highest BCUT2D eigenvalue weighted by atomic mass is 79.9. The van der Waals surface area contributed by atoms with Crippen LogP contribution in [0, 0.1) is 10.1 Å². The minimum absolute atomic E-state index is 0.00594. The maximum atomic E-state index is 11.0. The van der Waals surface area contributed by atoms with Crippen LogP contribution >= 0.6 is 15.9 Å². The maximum absolute atomic E-state index is 11.0. The van der Waals surface area contributed by atoms with Crippen LogP contribution in [0.2, 0.25) is 0 Å². The van der Waals surface area contributed by atoms with Gasteiger partial charge in [-0.2, -0.15) is 0 Å². The summed E-state index contributed by atoms with van der Waals surface area (Å²) in [6.45, 7) is 2.35. The largest absolute Gasteiger partial charge is 0.347 e. The molecule has 0 amide bonds. The summed E-state index contributed by atoms with van der Waals surface area (Å²) in [5, 5.41) is 14.2. The molecular weight excluding hydrogens is 312 g/mol. The van der Waals surface area contributed by atoms with Crippen molar-refractivity contribution in [1.82, 2.24) is 15.3 Å². The molecule has 1 aromatic heterocycles. The molecule has 1 heterocycles. The first kappa shape index (κ1) is 13.7. The molecule has 19 heavy (non-hydrogen) atoms. The molecule has 1 aromatic carbocycles. The van der Waals surface area contributed by atoms with E-state index >= 15 is 0 Å². The van der Waals surface area contributed by atoms with Crippen LogP contribution in [0.15, 0.2) is 35.1 Å². The van der Waals surface area contributed by atoms with Crippen LogP contribution in [-0.4, -0.2) is 14.9 Å². The average molecular weight is 325 g/mol. The number of aromatic amines is 1. The van der Waals surface area contributed by atoms with Gasteiger partial charge in [-0.1, -0.05) is 15.9 Å². The van der Waals surface area contributed by atoms with Crippen molar-refractivity contribution in [2.75, 3.05) is 0 Å². The topological polar surface area (TPSA) is 83.8 Å². The van der Waals surface area contributed by atoms with E-state index in [1.54, 1.807) is 24.5 Å². The zero-order valence-electron chi connectivity index (χ0n) is 10.3. The van der Waals surface area contributed by atoms with Gasteiger partial charge in [0.2, 0.25) is 0 Å². The summed E-state index contributed by atoms with van der Waals surface area (Å²) in [7, 11) is 0. The lowest BCUT2D eigenvalue weighted by Crippen LogP contribution is -2.19. The summed E-state index contributed by atoms with van der Waals surface area (Å²) >= 11 is 3.32. The van der Waals surface area contributed by atoms with Crippen molar-refractivity contribution in [2.45, 2.75) is 19.5 Å². The van der Waals surface area contributed by atoms with Crippen LogP contribution in [0.1, 0.15) is 24.4 Å². The second kappa shape index (κ2) is 5.94. The molecule has 1 atom stereocenters. The molecule has 6 nitrogen and oxygen atoms in total. The number of nitro benzene ring substituents is 1. The maximum Gasteiger partial charge on any atom is 0.273 e. The second-order valence-electron chi connectivity index (χ2n) is 4.11. The Morgan fingerprint density at radius 1 is 1.58 bits per heavy atom. The lowest BCUT2D eigenvalue weighted by atomic mass is 10.1. The van der Waals surface area contributed by atoms with Crippen LogP contribution < -0.4 is 5.32 Å². The normalized spacial score (nSPS) is 12.3. The van der Waals surface area contributed by atoms with Crippen molar-refractivity contribution >= 4 is 21.6 Å². The van der Waals surface area contributed by atoms with Crippen molar-refractivity contribution in [1.29, 1.82) is 0 Å². The van der Waals surface area contributed by atoms with E-state index < -0.39 is 0 Å². The first-order valence-corrected chi connectivity index (χ1v) is 6.52. The summed E-state index contributed by atoms with van der Waals surface area (Å²) in [6, 6.07) is 4.91. The number of hydrogen-bond donors (Lipinski definition) is 2. The van der Waals surface area contributed by atoms with E-state index in [4.69, 9.17) is 0 Å². The summed E-state index contributed by atoms with van der Waals surface area (Å²) in [4.78, 5) is 17.7. The number of imidazole rings is 1. The van der Waals surface area contributed by atoms with Crippen molar-refractivity contribution in [2.24, 2.45) is 0 Å². The molecule has 0 fully saturated rings. The number of H-pyrrole nitrogens is 1. The lowest BCUT2D eigenvalue weighted by molar-refractivity contribution is -0.385. The van der Waals surface area contributed by atoms with Gasteiger partial charge in [0.05, 0.1) is 11.0 Å². The highest BCUT2D eigenvalue weighted by Crippen LogP contribution is 2.23. The Balaban J connectivity index is 2.10. The van der Waals surface area contributed by atoms with E-state index in [2.05, 4.69) is 31.2 Å². The van der Waals surface area contributed by atoms with E-state index in [1.165, 1.54) is 6.07 Å². The summed E-state index contributed by atoms with van der Waals surface area (Å²) in [6.07, 6.45) is 3.42. The fraction of sp³-hybridized carbons (Fsp3) is 0.250. The highest BCUT2D eigenvalue weighted by molar-refractivity contribution is 9.10. The van der Waals surface area contributed by atoms with Crippen LogP contribution in [0.4, 0.5) is 5.69 Å². The van der Waals surface area contributed by atoms with Gasteiger partial charge < -0.3 is 10.3 Å². The van der Waals surface area contributed by atoms with Gasteiger partial charge in [-0.3, -0.25) is 10.1 Å². The molecule has 0 saturated heterocycles. The Morgan fingerprint density at radius 2 is 2.37 bits per heavy atom. The Bertz CT molecular complexity index is 571. The standard InChI is InChI=1S/C12H13BrN4O2/c1-8(12-14-4-5-15-12)16-7-9-6-10(13)2-3-11(9)17(18)19/h2-6,8,16H,7H2,1H3,(H,14,15). The number of nitrogens with one attached hydrogen (secondary N) is 2. The number of nitrogens with zero attached hydrogens (tertiary/aromatic N) is 2. The van der Waals surface area contributed by atoms with Crippen LogP contribution in [0.5, 0.6) is 0 Å². The van der Waals surface area contributed by atoms with Crippen LogP contribution in [-0.2, 0) is 6.54 Å². The Hall–Kier alpha value is -1.73. The lowest BCUT2D eigenvalue weighted by Gasteiger charge is -2.11. The molecular formula is C12H13BrN4O2. The smallest absolute Gasteiger partial charge is 0.273 e. The monoisotopic (exact) mass is 324 g/mol. The number of hydrogen-bond acceptors (Lipinski definition) is 4. The van der Waals surface area contributed by atoms with Gasteiger partial charge in [0, 0.05) is 35.0 Å². The zero-order valence-corrected chi connectivity index (χ0v) is 11.8. The number of aromatic nitrogens is 2. The van der Waals surface area contributed by atoms with Crippen molar-refractivity contribution in [3.8, 4) is 0 Å². The zero-order chi connectivity index (χ0) is 13.8. The predicted molar refractivity (Wildman–Crippen MR) is 74.6 cm³/mol. The predicted octanol–water partition coefficient (Wildman–Crippen LogP) is 2.93. The summed E-state index contributed by atoms with van der Waals surface area (Å²) in [5.41, 5.74) is 0.750. The Morgan fingerprint density at radius 3 is 3.00 bits per heavy atom. The molecule has 0 aliphatic heterocycles. The fourth-order valence-electron chi connectivity index (χ4n) is 1.75. The molecule has 0 bridgehead atoms. The van der Waals surface area contributed by atoms with E-state index in [0.717, 1.165) is 10.3 Å². The first-order chi connectivity index (χ1) is 9.08. The van der Waals surface area contributed by atoms with Gasteiger partial charge in [-0.25, -0.2) is 4.98 Å². The minimum Gasteiger partial charge on any atom is -0.347 e. The highest BCUT2D eigenvalue weighted by Gasteiger charge is 2.15. The van der Waals surface area contributed by atoms with Gasteiger partial charge in [-0.05, 0) is 19.1 Å². The quantitative estimate of drug-likeness (QED) is 0.654. The van der Waals surface area contributed by atoms with Gasteiger partial charge in [-0.15, -0.1) is 0 Å². The third-order valence-electron chi connectivity index (χ3n) is 2.77. The van der Waals surface area contributed by atoms with E-state index in [-0.39, 0.29) is 16.7 Å². The first-order valence-electron chi connectivity index (χ1n) is 5.73. The second-order valence-corrected chi connectivity index (χ2v) is 5.02. The minimum atomic E-state index is -0.374. The van der Waals surface area contributed by atoms with E-state index in [1.807, 2.05) is 6.92 Å². The Labute approximate surface area is 118 Å². The number of rotatable bonds is 5. The third-order valence-corrected chi connectivity index (χ3v) is 3.26. The fourth-order valence-corrected chi connectivity index (χ4v) is 2.16. The molecule has 2 aromatic rings. The number of halogens is 1. The molecule has 7 heteroatoms. The summed E-state index contributed by atoms with van der Waals surface area (Å²) in [5.74, 6) is 0.803. The molecule has 2 rings (SSSR count). The van der Waals surface area contributed by atoms with Crippen LogP contribution in [0.3, 0.4) is 0 Å². The molecule has 100 valence electrons. The van der Waals surface area contributed by atoms with Crippen molar-refractivity contribution in [3.05, 3.63) is 56.6 Å². The molecule has 0 aliphatic rings. The van der Waals surface area contributed by atoms with Gasteiger partial charge in [0.1, 0.15) is 5.82 Å². The van der Waals surface area contributed by atoms with Gasteiger partial charge >= 0.3 is 0 Å². The molecule has 1 unspecified atom stereocenters. The van der Waals surface area contributed by atoms with Crippen molar-refractivity contribution in [3.63, 3.8) is 0 Å². The van der Waals surface area contributed by atoms with E-state index in [0.29, 0.717) is 12.1 Å². The molecule has 0 saturated carbocycles. The van der Waals surface area contributed by atoms with Crippen molar-refractivity contribution < 1.29 is 4.92 Å².